The Morgan fingerprint density at radius 1 is 1.05 bits per heavy atom. The van der Waals surface area contributed by atoms with Crippen molar-refractivity contribution in [2.75, 3.05) is 0 Å². The summed E-state index contributed by atoms with van der Waals surface area (Å²) in [7, 11) is 0. The number of rotatable bonds is 2. The number of aryl methyl sites for hydroxylation is 1. The molecule has 2 N–H and O–H groups in total. The minimum atomic E-state index is -4.46. The van der Waals surface area contributed by atoms with Gasteiger partial charge >= 0.3 is 6.18 Å². The first-order valence-corrected chi connectivity index (χ1v) is 6.98. The molecular formula is C14H11F3N2O2S. The normalized spacial score (nSPS) is 11.1. The summed E-state index contributed by atoms with van der Waals surface area (Å²) in [6.07, 6.45) is -4.46. The van der Waals surface area contributed by atoms with E-state index in [1.54, 1.807) is 11.4 Å². The molecule has 0 fully saturated rings. The van der Waals surface area contributed by atoms with Crippen LogP contribution < -0.4 is 10.9 Å². The largest absolute Gasteiger partial charge is 0.416 e. The number of nitrogens with one attached hydrogen (secondary N) is 2. The molecule has 0 spiro atoms. The predicted molar refractivity (Wildman–Crippen MR) is 75.4 cm³/mol. The molecular weight excluding hydrogens is 317 g/mol. The Labute approximate surface area is 127 Å². The Morgan fingerprint density at radius 2 is 1.64 bits per heavy atom. The van der Waals surface area contributed by atoms with Crippen LogP contribution >= 0.6 is 11.3 Å². The molecule has 0 saturated heterocycles. The molecule has 0 bridgehead atoms. The van der Waals surface area contributed by atoms with Crippen molar-refractivity contribution in [2.24, 2.45) is 0 Å². The van der Waals surface area contributed by atoms with Crippen LogP contribution in [0.3, 0.4) is 0 Å². The zero-order valence-electron chi connectivity index (χ0n) is 11.3. The fraction of sp³-hybridized carbons (Fsp3) is 0.143. The van der Waals surface area contributed by atoms with Crippen molar-refractivity contribution in [1.82, 2.24) is 10.9 Å². The van der Waals surface area contributed by atoms with Gasteiger partial charge in [0.05, 0.1) is 10.4 Å². The van der Waals surface area contributed by atoms with Crippen LogP contribution in [0, 0.1) is 6.92 Å². The van der Waals surface area contributed by atoms with Gasteiger partial charge in [0.2, 0.25) is 0 Å². The average molecular weight is 328 g/mol. The second-order valence-electron chi connectivity index (χ2n) is 4.47. The smallest absolute Gasteiger partial charge is 0.267 e. The number of alkyl halides is 3. The molecule has 0 aliphatic heterocycles. The van der Waals surface area contributed by atoms with Gasteiger partial charge in [-0.15, -0.1) is 11.3 Å². The molecule has 8 heteroatoms. The Kier molecular flexibility index (Phi) is 4.51. The van der Waals surface area contributed by atoms with Crippen molar-refractivity contribution >= 4 is 23.2 Å². The quantitative estimate of drug-likeness (QED) is 0.832. The number of benzene rings is 1. The van der Waals surface area contributed by atoms with E-state index in [2.05, 4.69) is 10.9 Å². The molecule has 2 aromatic rings. The molecule has 2 amide bonds. The molecule has 22 heavy (non-hydrogen) atoms. The highest BCUT2D eigenvalue weighted by atomic mass is 32.1. The zero-order chi connectivity index (χ0) is 16.3. The second kappa shape index (κ2) is 6.18. The monoisotopic (exact) mass is 328 g/mol. The lowest BCUT2D eigenvalue weighted by atomic mass is 10.1. The third-order valence-corrected chi connectivity index (χ3v) is 3.77. The van der Waals surface area contributed by atoms with Crippen molar-refractivity contribution in [2.45, 2.75) is 13.1 Å². The SMILES string of the molecule is Cc1csc(C(=O)NNC(=O)c2ccc(C(F)(F)F)cc2)c1. The van der Waals surface area contributed by atoms with Gasteiger partial charge in [-0.2, -0.15) is 13.2 Å². The molecule has 0 saturated carbocycles. The van der Waals surface area contributed by atoms with Crippen molar-refractivity contribution in [3.8, 4) is 0 Å². The van der Waals surface area contributed by atoms with Gasteiger partial charge in [-0.1, -0.05) is 0 Å². The van der Waals surface area contributed by atoms with E-state index in [1.807, 2.05) is 6.92 Å². The van der Waals surface area contributed by atoms with Gasteiger partial charge in [0.25, 0.3) is 11.8 Å². The Balaban J connectivity index is 1.96. The maximum absolute atomic E-state index is 12.4. The third-order valence-electron chi connectivity index (χ3n) is 2.72. The molecule has 4 nitrogen and oxygen atoms in total. The summed E-state index contributed by atoms with van der Waals surface area (Å²) in [6, 6.07) is 5.35. The van der Waals surface area contributed by atoms with E-state index >= 15 is 0 Å². The Hall–Kier alpha value is -2.35. The van der Waals surface area contributed by atoms with E-state index in [0.717, 1.165) is 29.8 Å². The lowest BCUT2D eigenvalue weighted by Gasteiger charge is -2.08. The summed E-state index contributed by atoms with van der Waals surface area (Å²) in [5.41, 5.74) is 4.44. The van der Waals surface area contributed by atoms with E-state index in [4.69, 9.17) is 0 Å². The highest BCUT2D eigenvalue weighted by Gasteiger charge is 2.30. The van der Waals surface area contributed by atoms with Gasteiger partial charge in [-0.25, -0.2) is 0 Å². The van der Waals surface area contributed by atoms with E-state index in [-0.39, 0.29) is 5.56 Å². The number of halogens is 3. The first-order chi connectivity index (χ1) is 10.3. The van der Waals surface area contributed by atoms with Crippen LogP contribution in [0.1, 0.15) is 31.2 Å². The van der Waals surface area contributed by atoms with Crippen LogP contribution in [0.4, 0.5) is 13.2 Å². The predicted octanol–water partition coefficient (Wildman–Crippen LogP) is 3.15. The number of carbonyl (C=O) groups is 2. The minimum absolute atomic E-state index is 0.00987. The van der Waals surface area contributed by atoms with Crippen molar-refractivity contribution in [3.63, 3.8) is 0 Å². The lowest BCUT2D eigenvalue weighted by molar-refractivity contribution is -0.137. The molecule has 1 aromatic heterocycles. The van der Waals surface area contributed by atoms with Crippen LogP contribution in [-0.2, 0) is 6.18 Å². The summed E-state index contributed by atoms with van der Waals surface area (Å²) in [4.78, 5) is 23.9. The van der Waals surface area contributed by atoms with Gasteiger partial charge in [0, 0.05) is 5.56 Å². The molecule has 1 aromatic carbocycles. The molecule has 1 heterocycles. The van der Waals surface area contributed by atoms with Gasteiger partial charge in [0.1, 0.15) is 0 Å². The topological polar surface area (TPSA) is 58.2 Å². The number of hydrazine groups is 1. The van der Waals surface area contributed by atoms with Crippen LogP contribution in [0.5, 0.6) is 0 Å². The van der Waals surface area contributed by atoms with Gasteiger partial charge < -0.3 is 0 Å². The Morgan fingerprint density at radius 3 is 2.14 bits per heavy atom. The minimum Gasteiger partial charge on any atom is -0.267 e. The van der Waals surface area contributed by atoms with E-state index < -0.39 is 23.6 Å². The van der Waals surface area contributed by atoms with Gasteiger partial charge in [0.15, 0.2) is 0 Å². The fourth-order valence-electron chi connectivity index (χ4n) is 1.61. The molecule has 2 rings (SSSR count). The molecule has 0 atom stereocenters. The molecule has 0 radical (unpaired) electrons. The van der Waals surface area contributed by atoms with E-state index in [9.17, 15) is 22.8 Å². The highest BCUT2D eigenvalue weighted by molar-refractivity contribution is 7.12. The highest BCUT2D eigenvalue weighted by Crippen LogP contribution is 2.29. The maximum atomic E-state index is 12.4. The van der Waals surface area contributed by atoms with E-state index in [0.29, 0.717) is 4.88 Å². The third kappa shape index (κ3) is 3.85. The van der Waals surface area contributed by atoms with E-state index in [1.165, 1.54) is 11.3 Å². The van der Waals surface area contributed by atoms with Crippen molar-refractivity contribution in [1.29, 1.82) is 0 Å². The standard InChI is InChI=1S/C14H11F3N2O2S/c1-8-6-11(22-7-8)13(21)19-18-12(20)9-2-4-10(5-3-9)14(15,16)17/h2-7H,1H3,(H,18,20)(H,19,21). The average Bonchev–Trinajstić information content (AvgIpc) is 2.90. The zero-order valence-corrected chi connectivity index (χ0v) is 12.1. The second-order valence-corrected chi connectivity index (χ2v) is 5.38. The lowest BCUT2D eigenvalue weighted by Crippen LogP contribution is -2.41. The van der Waals surface area contributed by atoms with Crippen molar-refractivity contribution in [3.05, 3.63) is 57.3 Å². The first kappa shape index (κ1) is 16.0. The van der Waals surface area contributed by atoms with Crippen LogP contribution in [0.2, 0.25) is 0 Å². The Bertz CT molecular complexity index is 693. The van der Waals surface area contributed by atoms with Crippen LogP contribution in [0.15, 0.2) is 35.7 Å². The summed E-state index contributed by atoms with van der Waals surface area (Å²) in [5, 5.41) is 1.78. The number of thiophene rings is 1. The van der Waals surface area contributed by atoms with Crippen molar-refractivity contribution < 1.29 is 22.8 Å². The number of hydrogen-bond acceptors (Lipinski definition) is 3. The van der Waals surface area contributed by atoms with Gasteiger partial charge in [-0.3, -0.25) is 20.4 Å². The molecule has 0 unspecified atom stereocenters. The molecule has 116 valence electrons. The number of hydrogen-bond donors (Lipinski definition) is 2. The summed E-state index contributed by atoms with van der Waals surface area (Å²) >= 11 is 1.22. The summed E-state index contributed by atoms with van der Waals surface area (Å²) < 4.78 is 37.2. The fourth-order valence-corrected chi connectivity index (χ4v) is 2.40. The van der Waals surface area contributed by atoms with Crippen LogP contribution in [-0.4, -0.2) is 11.8 Å². The number of carbonyl (C=O) groups excluding carboxylic acids is 2. The molecule has 0 aliphatic rings. The van der Waals surface area contributed by atoms with Crippen LogP contribution in [0.25, 0.3) is 0 Å². The first-order valence-electron chi connectivity index (χ1n) is 6.10. The summed E-state index contributed by atoms with van der Waals surface area (Å²) in [6.45, 7) is 1.83. The molecule has 0 aliphatic carbocycles. The number of amides is 2. The summed E-state index contributed by atoms with van der Waals surface area (Å²) in [5.74, 6) is -1.19. The maximum Gasteiger partial charge on any atom is 0.416 e. The van der Waals surface area contributed by atoms with Gasteiger partial charge in [-0.05, 0) is 48.2 Å².